The van der Waals surface area contributed by atoms with Crippen LogP contribution in [-0.2, 0) is 16.0 Å². The third-order valence-electron chi connectivity index (χ3n) is 2.95. The van der Waals surface area contributed by atoms with E-state index < -0.39 is 12.1 Å². The van der Waals surface area contributed by atoms with Crippen molar-refractivity contribution in [1.29, 1.82) is 0 Å². The Morgan fingerprint density at radius 1 is 1.42 bits per heavy atom. The van der Waals surface area contributed by atoms with Gasteiger partial charge in [0.15, 0.2) is 6.10 Å². The van der Waals surface area contributed by atoms with Crippen molar-refractivity contribution in [3.8, 4) is 0 Å². The van der Waals surface area contributed by atoms with Crippen LogP contribution in [-0.4, -0.2) is 28.2 Å². The second-order valence-electron chi connectivity index (χ2n) is 4.23. The molecule has 0 spiro atoms. The number of carbonyl (C=O) groups is 2. The van der Waals surface area contributed by atoms with Gasteiger partial charge in [-0.2, -0.15) is 5.10 Å². The Hall–Kier alpha value is -2.63. The van der Waals surface area contributed by atoms with Crippen LogP contribution in [0.5, 0.6) is 0 Å². The zero-order valence-corrected chi connectivity index (χ0v) is 9.92. The maximum absolute atomic E-state index is 12.0. The highest BCUT2D eigenvalue weighted by atomic mass is 16.5. The summed E-state index contributed by atoms with van der Waals surface area (Å²) in [5.74, 6) is -0.821. The normalized spacial score (nSPS) is 17.5. The number of nitrogens with one attached hydrogen (secondary N) is 2. The molecule has 0 fully saturated rings. The molecular formula is C13H11N3O3. The Kier molecular flexibility index (Phi) is 2.75. The average molecular weight is 257 g/mol. The van der Waals surface area contributed by atoms with Crippen molar-refractivity contribution in [2.24, 2.45) is 0 Å². The van der Waals surface area contributed by atoms with Gasteiger partial charge in [0.1, 0.15) is 0 Å². The van der Waals surface area contributed by atoms with Crippen LogP contribution >= 0.6 is 0 Å². The van der Waals surface area contributed by atoms with Gasteiger partial charge in [-0.25, -0.2) is 4.79 Å². The summed E-state index contributed by atoms with van der Waals surface area (Å²) in [6, 6.07) is 7.13. The van der Waals surface area contributed by atoms with E-state index in [1.165, 1.54) is 6.20 Å². The maximum atomic E-state index is 12.0. The van der Waals surface area contributed by atoms with Crippen LogP contribution in [0.3, 0.4) is 0 Å². The standard InChI is InChI=1S/C13H11N3O3/c17-12(16-9-6-14-15-7-9)11-5-8-3-1-2-4-10(8)13(18)19-11/h1-4,6-7,11H,5H2,(H,14,15)(H,16,17). The molecule has 1 aliphatic heterocycles. The highest BCUT2D eigenvalue weighted by Gasteiger charge is 2.31. The predicted molar refractivity (Wildman–Crippen MR) is 66.6 cm³/mol. The van der Waals surface area contributed by atoms with Crippen LogP contribution < -0.4 is 5.32 Å². The summed E-state index contributed by atoms with van der Waals surface area (Å²) in [6.07, 6.45) is 2.61. The number of fused-ring (bicyclic) bond motifs is 1. The second-order valence-corrected chi connectivity index (χ2v) is 4.23. The first-order chi connectivity index (χ1) is 9.24. The molecule has 0 saturated heterocycles. The molecule has 0 radical (unpaired) electrons. The SMILES string of the molecule is O=C1OC(C(=O)Nc2cn[nH]c2)Cc2ccccc21. The lowest BCUT2D eigenvalue weighted by molar-refractivity contribution is -0.125. The van der Waals surface area contributed by atoms with E-state index in [1.807, 2.05) is 12.1 Å². The predicted octanol–water partition coefficient (Wildman–Crippen LogP) is 1.13. The van der Waals surface area contributed by atoms with Crippen molar-refractivity contribution in [3.63, 3.8) is 0 Å². The summed E-state index contributed by atoms with van der Waals surface area (Å²) in [5, 5.41) is 8.95. The Morgan fingerprint density at radius 2 is 2.26 bits per heavy atom. The quantitative estimate of drug-likeness (QED) is 0.790. The van der Waals surface area contributed by atoms with E-state index in [-0.39, 0.29) is 5.91 Å². The number of nitrogens with zero attached hydrogens (tertiary/aromatic N) is 1. The molecule has 2 N–H and O–H groups in total. The van der Waals surface area contributed by atoms with Crippen molar-refractivity contribution in [3.05, 3.63) is 47.8 Å². The van der Waals surface area contributed by atoms with Crippen molar-refractivity contribution in [1.82, 2.24) is 10.2 Å². The zero-order chi connectivity index (χ0) is 13.2. The van der Waals surface area contributed by atoms with Crippen LogP contribution in [0.15, 0.2) is 36.7 Å². The molecule has 1 aromatic carbocycles. The molecule has 6 nitrogen and oxygen atoms in total. The molecule has 2 heterocycles. The van der Waals surface area contributed by atoms with E-state index >= 15 is 0 Å². The fourth-order valence-electron chi connectivity index (χ4n) is 2.02. The average Bonchev–Trinajstić information content (AvgIpc) is 2.91. The van der Waals surface area contributed by atoms with Gasteiger partial charge in [0.25, 0.3) is 5.91 Å². The van der Waals surface area contributed by atoms with Gasteiger partial charge in [-0.3, -0.25) is 9.89 Å². The van der Waals surface area contributed by atoms with Gasteiger partial charge in [0.05, 0.1) is 17.4 Å². The number of H-pyrrole nitrogens is 1. The molecule has 1 unspecified atom stereocenters. The number of hydrogen-bond acceptors (Lipinski definition) is 4. The van der Waals surface area contributed by atoms with Crippen molar-refractivity contribution < 1.29 is 14.3 Å². The molecule has 96 valence electrons. The first-order valence-electron chi connectivity index (χ1n) is 5.82. The van der Waals surface area contributed by atoms with Crippen LogP contribution in [0.25, 0.3) is 0 Å². The molecule has 1 aromatic heterocycles. The topological polar surface area (TPSA) is 84.1 Å². The Labute approximate surface area is 108 Å². The molecule has 6 heteroatoms. The molecule has 19 heavy (non-hydrogen) atoms. The van der Waals surface area contributed by atoms with E-state index in [9.17, 15) is 9.59 Å². The number of aromatic nitrogens is 2. The summed E-state index contributed by atoms with van der Waals surface area (Å²) >= 11 is 0. The summed E-state index contributed by atoms with van der Waals surface area (Å²) in [4.78, 5) is 23.8. The third kappa shape index (κ3) is 2.20. The number of anilines is 1. The van der Waals surface area contributed by atoms with E-state index in [1.54, 1.807) is 18.3 Å². The number of rotatable bonds is 2. The third-order valence-corrected chi connectivity index (χ3v) is 2.95. The number of carbonyl (C=O) groups excluding carboxylic acids is 2. The van der Waals surface area contributed by atoms with Crippen LogP contribution in [0.4, 0.5) is 5.69 Å². The molecule has 1 aliphatic rings. The lowest BCUT2D eigenvalue weighted by Crippen LogP contribution is -2.37. The van der Waals surface area contributed by atoms with Gasteiger partial charge in [0.2, 0.25) is 0 Å². The van der Waals surface area contributed by atoms with Crippen LogP contribution in [0.2, 0.25) is 0 Å². The summed E-state index contributed by atoms with van der Waals surface area (Å²) in [6.45, 7) is 0. The number of benzene rings is 1. The minimum absolute atomic E-state index is 0.357. The molecular weight excluding hydrogens is 246 g/mol. The Morgan fingerprint density at radius 3 is 3.05 bits per heavy atom. The summed E-state index contributed by atoms with van der Waals surface area (Å²) < 4.78 is 5.14. The van der Waals surface area contributed by atoms with E-state index in [0.717, 1.165) is 5.56 Å². The number of amides is 1. The molecule has 1 atom stereocenters. The summed E-state index contributed by atoms with van der Waals surface area (Å²) in [5.41, 5.74) is 1.89. The van der Waals surface area contributed by atoms with Crippen molar-refractivity contribution in [2.45, 2.75) is 12.5 Å². The lowest BCUT2D eigenvalue weighted by atomic mass is 9.98. The largest absolute Gasteiger partial charge is 0.448 e. The number of aromatic amines is 1. The molecule has 3 rings (SSSR count). The van der Waals surface area contributed by atoms with E-state index in [2.05, 4.69) is 15.5 Å². The van der Waals surface area contributed by atoms with Gasteiger partial charge < -0.3 is 10.1 Å². The molecule has 0 bridgehead atoms. The minimum atomic E-state index is -0.808. The fraction of sp³-hybridized carbons (Fsp3) is 0.154. The number of cyclic esters (lactones) is 1. The smallest absolute Gasteiger partial charge is 0.339 e. The number of esters is 1. The minimum Gasteiger partial charge on any atom is -0.448 e. The van der Waals surface area contributed by atoms with Gasteiger partial charge in [0, 0.05) is 12.6 Å². The molecule has 0 aliphatic carbocycles. The van der Waals surface area contributed by atoms with Gasteiger partial charge in [-0.15, -0.1) is 0 Å². The summed E-state index contributed by atoms with van der Waals surface area (Å²) in [7, 11) is 0. The van der Waals surface area contributed by atoms with Crippen molar-refractivity contribution >= 4 is 17.6 Å². The number of hydrogen-bond donors (Lipinski definition) is 2. The Balaban J connectivity index is 1.78. The first-order valence-corrected chi connectivity index (χ1v) is 5.82. The zero-order valence-electron chi connectivity index (χ0n) is 9.92. The van der Waals surface area contributed by atoms with Crippen molar-refractivity contribution in [2.75, 3.05) is 5.32 Å². The second kappa shape index (κ2) is 4.56. The monoisotopic (exact) mass is 257 g/mol. The van der Waals surface area contributed by atoms with Gasteiger partial charge in [-0.05, 0) is 11.6 Å². The maximum Gasteiger partial charge on any atom is 0.339 e. The van der Waals surface area contributed by atoms with Gasteiger partial charge in [-0.1, -0.05) is 18.2 Å². The number of ether oxygens (including phenoxy) is 1. The molecule has 2 aromatic rings. The Bertz CT molecular complexity index is 622. The highest BCUT2D eigenvalue weighted by molar-refractivity contribution is 5.99. The van der Waals surface area contributed by atoms with E-state index in [4.69, 9.17) is 4.74 Å². The molecule has 0 saturated carbocycles. The molecule has 1 amide bonds. The van der Waals surface area contributed by atoms with Gasteiger partial charge >= 0.3 is 5.97 Å². The van der Waals surface area contributed by atoms with E-state index in [0.29, 0.717) is 17.7 Å². The fourth-order valence-corrected chi connectivity index (χ4v) is 2.02. The first kappa shape index (κ1) is 11.5. The van der Waals surface area contributed by atoms with Crippen LogP contribution in [0.1, 0.15) is 15.9 Å². The highest BCUT2D eigenvalue weighted by Crippen LogP contribution is 2.21. The lowest BCUT2D eigenvalue weighted by Gasteiger charge is -2.23. The van der Waals surface area contributed by atoms with Crippen LogP contribution in [0, 0.1) is 0 Å².